The first-order chi connectivity index (χ1) is 14.5. The van der Waals surface area contributed by atoms with Crippen molar-refractivity contribution in [2.75, 3.05) is 0 Å². The number of aromatic nitrogens is 3. The van der Waals surface area contributed by atoms with Crippen molar-refractivity contribution in [1.29, 1.82) is 0 Å². The van der Waals surface area contributed by atoms with Gasteiger partial charge in [-0.25, -0.2) is 9.67 Å². The Balaban J connectivity index is 1.73. The van der Waals surface area contributed by atoms with E-state index in [0.29, 0.717) is 17.4 Å². The van der Waals surface area contributed by atoms with Gasteiger partial charge in [0.1, 0.15) is 0 Å². The number of carbonyl (C=O) groups excluding carboxylic acids is 1. The summed E-state index contributed by atoms with van der Waals surface area (Å²) in [5.41, 5.74) is 4.79. The molecule has 1 N–H and O–H groups in total. The molecule has 0 spiro atoms. The number of halogens is 1. The average molecular weight is 417 g/mol. The second-order valence-electron chi connectivity index (χ2n) is 7.14. The fourth-order valence-corrected chi connectivity index (χ4v) is 3.30. The maximum Gasteiger partial charge on any atom is 0.291 e. The minimum atomic E-state index is -0.328. The molecule has 0 bridgehead atoms. The van der Waals surface area contributed by atoms with Crippen LogP contribution in [0.15, 0.2) is 72.8 Å². The van der Waals surface area contributed by atoms with E-state index in [1.807, 2.05) is 86.6 Å². The third kappa shape index (κ3) is 4.26. The van der Waals surface area contributed by atoms with Gasteiger partial charge in [-0.1, -0.05) is 77.8 Å². The number of rotatable bonds is 5. The van der Waals surface area contributed by atoms with Crippen molar-refractivity contribution >= 4 is 17.5 Å². The zero-order valence-corrected chi connectivity index (χ0v) is 17.5. The summed E-state index contributed by atoms with van der Waals surface area (Å²) in [5, 5.41) is 8.01. The lowest BCUT2D eigenvalue weighted by atomic mass is 10.1. The van der Waals surface area contributed by atoms with Crippen LogP contribution in [0.1, 0.15) is 27.3 Å². The van der Waals surface area contributed by atoms with Crippen molar-refractivity contribution in [3.8, 4) is 17.1 Å². The molecular weight excluding hydrogens is 396 g/mol. The van der Waals surface area contributed by atoms with E-state index in [1.165, 1.54) is 0 Å². The summed E-state index contributed by atoms with van der Waals surface area (Å²) in [5.74, 6) is 0.372. The number of amides is 1. The van der Waals surface area contributed by atoms with E-state index < -0.39 is 0 Å². The molecular formula is C24H21ClN4O. The van der Waals surface area contributed by atoms with Gasteiger partial charge in [-0.3, -0.25) is 4.79 Å². The molecule has 1 amide bonds. The summed E-state index contributed by atoms with van der Waals surface area (Å²) in [7, 11) is 0. The van der Waals surface area contributed by atoms with E-state index in [0.717, 1.165) is 27.9 Å². The van der Waals surface area contributed by atoms with Gasteiger partial charge in [-0.2, -0.15) is 0 Å². The highest BCUT2D eigenvalue weighted by Gasteiger charge is 2.19. The fraction of sp³-hybridized carbons (Fsp3) is 0.125. The van der Waals surface area contributed by atoms with Gasteiger partial charge >= 0.3 is 0 Å². The number of benzene rings is 3. The molecule has 6 heteroatoms. The summed E-state index contributed by atoms with van der Waals surface area (Å²) in [6.45, 7) is 4.41. The number of hydrogen-bond donors (Lipinski definition) is 1. The Bertz CT molecular complexity index is 1180. The van der Waals surface area contributed by atoms with Crippen LogP contribution in [0.3, 0.4) is 0 Å². The van der Waals surface area contributed by atoms with E-state index in [9.17, 15) is 4.79 Å². The first-order valence-corrected chi connectivity index (χ1v) is 10.0. The molecule has 1 heterocycles. The molecule has 4 rings (SSSR count). The van der Waals surface area contributed by atoms with E-state index in [1.54, 1.807) is 4.68 Å². The Morgan fingerprint density at radius 1 is 1.00 bits per heavy atom. The smallest absolute Gasteiger partial charge is 0.291 e. The van der Waals surface area contributed by atoms with E-state index in [-0.39, 0.29) is 11.7 Å². The van der Waals surface area contributed by atoms with Gasteiger partial charge in [0.05, 0.1) is 5.69 Å². The normalized spacial score (nSPS) is 10.8. The van der Waals surface area contributed by atoms with Crippen LogP contribution in [0.25, 0.3) is 17.1 Å². The maximum absolute atomic E-state index is 12.8. The highest BCUT2D eigenvalue weighted by Crippen LogP contribution is 2.25. The van der Waals surface area contributed by atoms with Gasteiger partial charge in [0, 0.05) is 17.1 Å². The van der Waals surface area contributed by atoms with Crippen molar-refractivity contribution in [3.63, 3.8) is 0 Å². The molecule has 30 heavy (non-hydrogen) atoms. The van der Waals surface area contributed by atoms with E-state index in [4.69, 9.17) is 11.6 Å². The summed E-state index contributed by atoms with van der Waals surface area (Å²) in [6, 6.07) is 23.3. The molecule has 3 aromatic carbocycles. The standard InChI is InChI=1S/C24H21ClN4O/c1-16-8-11-19(12-9-16)23-27-22(24(30)26-15-18-6-4-3-5-7-18)28-29(23)21-14-20(25)13-10-17(21)2/h3-14H,15H2,1-2H3,(H,26,30). The number of hydrogen-bond acceptors (Lipinski definition) is 3. The topological polar surface area (TPSA) is 59.8 Å². The van der Waals surface area contributed by atoms with Crippen molar-refractivity contribution in [2.24, 2.45) is 0 Å². The van der Waals surface area contributed by atoms with Gasteiger partial charge < -0.3 is 5.32 Å². The van der Waals surface area contributed by atoms with Crippen LogP contribution >= 0.6 is 11.6 Å². The molecule has 4 aromatic rings. The van der Waals surface area contributed by atoms with Crippen molar-refractivity contribution in [3.05, 3.63) is 100 Å². The van der Waals surface area contributed by atoms with Gasteiger partial charge in [0.25, 0.3) is 5.91 Å². The van der Waals surface area contributed by atoms with Gasteiger partial charge in [-0.05, 0) is 37.1 Å². The largest absolute Gasteiger partial charge is 0.345 e. The lowest BCUT2D eigenvalue weighted by molar-refractivity contribution is 0.0940. The highest BCUT2D eigenvalue weighted by atomic mass is 35.5. The third-order valence-corrected chi connectivity index (χ3v) is 5.05. The van der Waals surface area contributed by atoms with Crippen molar-refractivity contribution < 1.29 is 4.79 Å². The highest BCUT2D eigenvalue weighted by molar-refractivity contribution is 6.30. The van der Waals surface area contributed by atoms with Crippen molar-refractivity contribution in [2.45, 2.75) is 20.4 Å². The predicted molar refractivity (Wildman–Crippen MR) is 119 cm³/mol. The van der Waals surface area contributed by atoms with Crippen molar-refractivity contribution in [1.82, 2.24) is 20.1 Å². The Morgan fingerprint density at radius 3 is 2.47 bits per heavy atom. The number of nitrogens with one attached hydrogen (secondary N) is 1. The first kappa shape index (κ1) is 19.9. The third-order valence-electron chi connectivity index (χ3n) is 4.82. The molecule has 0 fully saturated rings. The molecule has 150 valence electrons. The van der Waals surface area contributed by atoms with E-state index >= 15 is 0 Å². The second kappa shape index (κ2) is 8.51. The zero-order valence-electron chi connectivity index (χ0n) is 16.8. The average Bonchev–Trinajstić information content (AvgIpc) is 3.20. The van der Waals surface area contributed by atoms with Crippen LogP contribution in [0.5, 0.6) is 0 Å². The lowest BCUT2D eigenvalue weighted by Crippen LogP contribution is -2.24. The summed E-state index contributed by atoms with van der Waals surface area (Å²) >= 11 is 6.23. The summed E-state index contributed by atoms with van der Waals surface area (Å²) in [4.78, 5) is 17.3. The van der Waals surface area contributed by atoms with Gasteiger partial charge in [0.15, 0.2) is 5.82 Å². The molecule has 1 aromatic heterocycles. The molecule has 0 radical (unpaired) electrons. The van der Waals surface area contributed by atoms with Crippen LogP contribution in [0.2, 0.25) is 5.02 Å². The Kier molecular flexibility index (Phi) is 5.63. The minimum Gasteiger partial charge on any atom is -0.345 e. The summed E-state index contributed by atoms with van der Waals surface area (Å²) in [6.07, 6.45) is 0. The molecule has 0 aliphatic carbocycles. The Morgan fingerprint density at radius 2 is 1.73 bits per heavy atom. The molecule has 5 nitrogen and oxygen atoms in total. The number of carbonyl (C=O) groups is 1. The molecule has 0 atom stereocenters. The SMILES string of the molecule is Cc1ccc(-c2nc(C(=O)NCc3ccccc3)nn2-c2cc(Cl)ccc2C)cc1. The van der Waals surface area contributed by atoms with Crippen LogP contribution < -0.4 is 5.32 Å². The predicted octanol–water partition coefficient (Wildman–Crippen LogP) is 5.13. The molecule has 0 aliphatic heterocycles. The van der Waals surface area contributed by atoms with Crippen LogP contribution in [0, 0.1) is 13.8 Å². The van der Waals surface area contributed by atoms with Crippen LogP contribution in [-0.2, 0) is 6.54 Å². The lowest BCUT2D eigenvalue weighted by Gasteiger charge is -2.09. The number of nitrogens with zero attached hydrogens (tertiary/aromatic N) is 3. The maximum atomic E-state index is 12.8. The Labute approximate surface area is 180 Å². The van der Waals surface area contributed by atoms with E-state index in [2.05, 4.69) is 15.4 Å². The quantitative estimate of drug-likeness (QED) is 0.490. The molecule has 0 saturated heterocycles. The fourth-order valence-electron chi connectivity index (χ4n) is 3.13. The minimum absolute atomic E-state index is 0.112. The Hall–Kier alpha value is -3.44. The number of aryl methyl sites for hydroxylation is 2. The first-order valence-electron chi connectivity index (χ1n) is 9.64. The van der Waals surface area contributed by atoms with Crippen LogP contribution in [-0.4, -0.2) is 20.7 Å². The van der Waals surface area contributed by atoms with Crippen LogP contribution in [0.4, 0.5) is 0 Å². The van der Waals surface area contributed by atoms with Gasteiger partial charge in [-0.15, -0.1) is 5.10 Å². The summed E-state index contributed by atoms with van der Waals surface area (Å²) < 4.78 is 1.68. The van der Waals surface area contributed by atoms with Gasteiger partial charge in [0.2, 0.25) is 5.82 Å². The second-order valence-corrected chi connectivity index (χ2v) is 7.57. The molecule has 0 aliphatic rings. The zero-order chi connectivity index (χ0) is 21.1. The monoisotopic (exact) mass is 416 g/mol. The molecule has 0 unspecified atom stereocenters. The molecule has 0 saturated carbocycles.